The zero-order chi connectivity index (χ0) is 23.4. The molecule has 0 spiro atoms. The van der Waals surface area contributed by atoms with Crippen LogP contribution >= 0.6 is 0 Å². The maximum absolute atomic E-state index is 6.45. The summed E-state index contributed by atoms with van der Waals surface area (Å²) >= 11 is 0. The van der Waals surface area contributed by atoms with Crippen molar-refractivity contribution in [2.75, 3.05) is 19.6 Å². The topological polar surface area (TPSA) is 56.1 Å². The molecule has 4 fully saturated rings. The number of rotatable bonds is 5. The molecule has 0 N–H and O–H groups in total. The highest BCUT2D eigenvalue weighted by molar-refractivity contribution is 5.58. The zero-order valence-corrected chi connectivity index (χ0v) is 21.4. The van der Waals surface area contributed by atoms with E-state index in [9.17, 15) is 0 Å². The number of nitrogens with zero attached hydrogens (tertiary/aromatic N) is 5. The van der Waals surface area contributed by atoms with Crippen LogP contribution in [0.25, 0.3) is 11.4 Å². The van der Waals surface area contributed by atoms with E-state index in [-0.39, 0.29) is 6.10 Å². The van der Waals surface area contributed by atoms with Gasteiger partial charge in [-0.05, 0) is 92.6 Å². The van der Waals surface area contributed by atoms with Gasteiger partial charge in [0.25, 0.3) is 0 Å². The number of fused-ring (bicyclic) bond motifs is 3. The lowest BCUT2D eigenvalue weighted by Crippen LogP contribution is -2.46. The summed E-state index contributed by atoms with van der Waals surface area (Å²) in [5, 5.41) is 13.2. The first-order valence-electron chi connectivity index (χ1n) is 13.6. The molecule has 6 rings (SSSR count). The van der Waals surface area contributed by atoms with Gasteiger partial charge in [0.2, 0.25) is 5.88 Å². The number of aromatic nitrogens is 4. The lowest BCUT2D eigenvalue weighted by Gasteiger charge is -2.51. The maximum atomic E-state index is 6.45. The van der Waals surface area contributed by atoms with Crippen LogP contribution in [0.1, 0.15) is 64.4 Å². The molecule has 0 amide bonds. The first-order chi connectivity index (χ1) is 16.4. The van der Waals surface area contributed by atoms with Gasteiger partial charge in [0.05, 0.1) is 11.9 Å². The molecule has 2 aromatic heterocycles. The van der Waals surface area contributed by atoms with E-state index in [1.807, 2.05) is 30.1 Å². The molecule has 0 aromatic carbocycles. The van der Waals surface area contributed by atoms with Crippen LogP contribution in [0.15, 0.2) is 18.3 Å². The van der Waals surface area contributed by atoms with Gasteiger partial charge in [0.15, 0.2) is 0 Å². The van der Waals surface area contributed by atoms with Crippen LogP contribution in [0.4, 0.5) is 0 Å². The van der Waals surface area contributed by atoms with Gasteiger partial charge in [-0.2, -0.15) is 5.10 Å². The third-order valence-electron chi connectivity index (χ3n) is 9.46. The molecule has 3 heterocycles. The second kappa shape index (κ2) is 8.61. The molecule has 6 nitrogen and oxygen atoms in total. The second-order valence-electron chi connectivity index (χ2n) is 12.6. The summed E-state index contributed by atoms with van der Waals surface area (Å²) in [6.45, 7) is 10.8. The summed E-state index contributed by atoms with van der Waals surface area (Å²) in [5.74, 6) is 4.86. The average Bonchev–Trinajstić information content (AvgIpc) is 3.43. The van der Waals surface area contributed by atoms with Gasteiger partial charge in [0, 0.05) is 38.7 Å². The molecule has 2 aromatic rings. The van der Waals surface area contributed by atoms with Crippen molar-refractivity contribution in [3.63, 3.8) is 0 Å². The Morgan fingerprint density at radius 1 is 1.03 bits per heavy atom. The highest BCUT2D eigenvalue weighted by Gasteiger charge is 2.49. The SMILES string of the molecule is Cc1cnn(C)c1-c1ccc(OC2CCC3CN(CC45CC(C)CC(CC(C)C4)C5)CC32)nn1. The van der Waals surface area contributed by atoms with E-state index < -0.39 is 0 Å². The van der Waals surface area contributed by atoms with Gasteiger partial charge < -0.3 is 9.64 Å². The molecule has 1 aliphatic heterocycles. The van der Waals surface area contributed by atoms with Crippen LogP contribution in [0.2, 0.25) is 0 Å². The highest BCUT2D eigenvalue weighted by atomic mass is 16.5. The molecule has 4 aliphatic rings. The normalized spacial score (nSPS) is 37.6. The summed E-state index contributed by atoms with van der Waals surface area (Å²) in [4.78, 5) is 2.82. The van der Waals surface area contributed by atoms with Crippen molar-refractivity contribution in [3.8, 4) is 17.3 Å². The van der Waals surface area contributed by atoms with Crippen molar-refractivity contribution in [2.24, 2.45) is 42.1 Å². The molecule has 184 valence electrons. The predicted molar refractivity (Wildman–Crippen MR) is 133 cm³/mol. The van der Waals surface area contributed by atoms with E-state index in [1.165, 1.54) is 58.2 Å². The molecule has 5 unspecified atom stereocenters. The largest absolute Gasteiger partial charge is 0.473 e. The van der Waals surface area contributed by atoms with Gasteiger partial charge in [-0.25, -0.2) is 0 Å². The molecule has 0 radical (unpaired) electrons. The minimum Gasteiger partial charge on any atom is -0.473 e. The van der Waals surface area contributed by atoms with Gasteiger partial charge in [-0.1, -0.05) is 13.8 Å². The predicted octanol–water partition coefficient (Wildman–Crippen LogP) is 5.13. The Kier molecular flexibility index (Phi) is 5.70. The Bertz CT molecular complexity index is 977. The average molecular weight is 464 g/mol. The van der Waals surface area contributed by atoms with Gasteiger partial charge in [0.1, 0.15) is 11.8 Å². The summed E-state index contributed by atoms with van der Waals surface area (Å²) in [6, 6.07) is 4.00. The Labute approximate surface area is 204 Å². The van der Waals surface area contributed by atoms with E-state index in [0.29, 0.717) is 17.2 Å². The van der Waals surface area contributed by atoms with E-state index in [1.54, 1.807) is 0 Å². The molecule has 1 saturated heterocycles. The first kappa shape index (κ1) is 22.5. The zero-order valence-electron chi connectivity index (χ0n) is 21.4. The summed E-state index contributed by atoms with van der Waals surface area (Å²) in [6.07, 6.45) is 11.9. The Morgan fingerprint density at radius 2 is 1.82 bits per heavy atom. The minimum atomic E-state index is 0.273. The number of ether oxygens (including phenoxy) is 1. The second-order valence-corrected chi connectivity index (χ2v) is 12.6. The summed E-state index contributed by atoms with van der Waals surface area (Å²) in [7, 11) is 1.95. The number of hydrogen-bond donors (Lipinski definition) is 0. The lowest BCUT2D eigenvalue weighted by molar-refractivity contribution is -0.00761. The molecule has 6 heteroatoms. The molecule has 34 heavy (non-hydrogen) atoms. The monoisotopic (exact) mass is 463 g/mol. The van der Waals surface area contributed by atoms with Crippen LogP contribution < -0.4 is 4.74 Å². The van der Waals surface area contributed by atoms with Crippen molar-refractivity contribution in [1.29, 1.82) is 0 Å². The van der Waals surface area contributed by atoms with Crippen LogP contribution in [0.5, 0.6) is 5.88 Å². The Hall–Kier alpha value is -1.95. The van der Waals surface area contributed by atoms with Gasteiger partial charge in [-0.15, -0.1) is 10.2 Å². The molecule has 3 saturated carbocycles. The molecular formula is C28H41N5O. The number of aryl methyl sites for hydroxylation is 2. The molecule has 2 bridgehead atoms. The van der Waals surface area contributed by atoms with Crippen molar-refractivity contribution in [3.05, 3.63) is 23.9 Å². The number of hydrogen-bond acceptors (Lipinski definition) is 5. The maximum Gasteiger partial charge on any atom is 0.233 e. The Balaban J connectivity index is 1.10. The van der Waals surface area contributed by atoms with E-state index in [2.05, 4.69) is 41.0 Å². The molecular weight excluding hydrogens is 422 g/mol. The third kappa shape index (κ3) is 4.16. The Morgan fingerprint density at radius 3 is 2.50 bits per heavy atom. The van der Waals surface area contributed by atoms with Crippen LogP contribution in [-0.4, -0.2) is 50.6 Å². The highest BCUT2D eigenvalue weighted by Crippen LogP contribution is 2.54. The van der Waals surface area contributed by atoms with E-state index in [0.717, 1.165) is 47.0 Å². The fourth-order valence-electron chi connectivity index (χ4n) is 8.74. The molecule has 5 atom stereocenters. The first-order valence-corrected chi connectivity index (χ1v) is 13.6. The van der Waals surface area contributed by atoms with Gasteiger partial charge in [-0.3, -0.25) is 4.68 Å². The van der Waals surface area contributed by atoms with Crippen LogP contribution in [0, 0.1) is 41.9 Å². The van der Waals surface area contributed by atoms with E-state index in [4.69, 9.17) is 4.74 Å². The standard InChI is InChI=1S/C28H41N5O/c1-18-9-21-10-19(2)12-28(11-18,13-21)17-33-15-22-5-7-25(23(22)16-33)34-26-8-6-24(30-31-26)27-20(3)14-29-32(27)4/h6,8,14,18-19,21-23,25H,5,7,9-13,15-17H2,1-4H3. The minimum absolute atomic E-state index is 0.273. The summed E-state index contributed by atoms with van der Waals surface area (Å²) in [5.41, 5.74) is 3.55. The lowest BCUT2D eigenvalue weighted by atomic mass is 9.56. The van der Waals surface area contributed by atoms with Crippen LogP contribution in [0.3, 0.4) is 0 Å². The van der Waals surface area contributed by atoms with E-state index >= 15 is 0 Å². The van der Waals surface area contributed by atoms with Crippen molar-refractivity contribution in [1.82, 2.24) is 24.9 Å². The van der Waals surface area contributed by atoms with Crippen LogP contribution in [-0.2, 0) is 7.05 Å². The summed E-state index contributed by atoms with van der Waals surface area (Å²) < 4.78 is 8.31. The van der Waals surface area contributed by atoms with Gasteiger partial charge >= 0.3 is 0 Å². The van der Waals surface area contributed by atoms with Crippen molar-refractivity contribution >= 4 is 0 Å². The smallest absolute Gasteiger partial charge is 0.233 e. The van der Waals surface area contributed by atoms with Crippen molar-refractivity contribution in [2.45, 2.75) is 71.8 Å². The fraction of sp³-hybridized carbons (Fsp3) is 0.750. The number of likely N-dealkylation sites (tertiary alicyclic amines) is 1. The van der Waals surface area contributed by atoms with Crippen molar-refractivity contribution < 1.29 is 4.74 Å². The molecule has 3 aliphatic carbocycles. The quantitative estimate of drug-likeness (QED) is 0.615. The fourth-order valence-corrected chi connectivity index (χ4v) is 8.74. The third-order valence-corrected chi connectivity index (χ3v) is 9.46.